The predicted octanol–water partition coefficient (Wildman–Crippen LogP) is 4.25. The molecule has 27 heavy (non-hydrogen) atoms. The number of amides is 2. The van der Waals surface area contributed by atoms with E-state index in [0.717, 1.165) is 27.8 Å². The highest BCUT2D eigenvalue weighted by atomic mass is 79.9. The normalized spacial score (nSPS) is 16.2. The number of carbonyl (C=O) groups is 2. The number of piperidine rings is 1. The van der Waals surface area contributed by atoms with Gasteiger partial charge in [-0.15, -0.1) is 11.8 Å². The average molecular weight is 451 g/mol. The summed E-state index contributed by atoms with van der Waals surface area (Å²) < 4.78 is 6.27. The second kappa shape index (κ2) is 8.97. The van der Waals surface area contributed by atoms with Crippen LogP contribution in [0.5, 0.6) is 0 Å². The van der Waals surface area contributed by atoms with Crippen molar-refractivity contribution in [2.75, 3.05) is 13.1 Å². The second-order valence-electron chi connectivity index (χ2n) is 6.72. The number of rotatable bonds is 5. The highest BCUT2D eigenvalue weighted by Crippen LogP contribution is 2.27. The third kappa shape index (κ3) is 5.17. The molecule has 1 saturated heterocycles. The number of nitrogens with zero attached hydrogens (tertiary/aromatic N) is 1. The minimum atomic E-state index is -0.179. The van der Waals surface area contributed by atoms with Crippen LogP contribution < -0.4 is 5.32 Å². The first-order chi connectivity index (χ1) is 12.9. The van der Waals surface area contributed by atoms with Crippen LogP contribution in [0.25, 0.3) is 0 Å². The summed E-state index contributed by atoms with van der Waals surface area (Å²) in [6.45, 7) is 5.12. The van der Waals surface area contributed by atoms with E-state index in [2.05, 4.69) is 21.2 Å². The van der Waals surface area contributed by atoms with E-state index in [1.807, 2.05) is 43.0 Å². The summed E-state index contributed by atoms with van der Waals surface area (Å²) in [7, 11) is 0. The van der Waals surface area contributed by atoms with Gasteiger partial charge in [-0.2, -0.15) is 0 Å². The molecule has 0 radical (unpaired) electrons. The maximum atomic E-state index is 12.7. The standard InChI is InChI=1S/C20H23BrN2O3S/c1-13-9-12-26-18(13)19(24)22-16-7-10-23(11-8-16)20(25)14(2)27-17-5-3-15(21)4-6-17/h3-6,9,12,14,16H,7-8,10-11H2,1-2H3,(H,22,24). The van der Waals surface area contributed by atoms with Crippen LogP contribution in [0.15, 0.2) is 50.4 Å². The van der Waals surface area contributed by atoms with Gasteiger partial charge in [0.1, 0.15) is 0 Å². The van der Waals surface area contributed by atoms with Crippen molar-refractivity contribution in [3.8, 4) is 0 Å². The molecule has 0 spiro atoms. The molecule has 0 saturated carbocycles. The number of hydrogen-bond acceptors (Lipinski definition) is 4. The Kier molecular flexibility index (Phi) is 6.65. The van der Waals surface area contributed by atoms with Crippen LogP contribution in [0.4, 0.5) is 0 Å². The molecule has 2 heterocycles. The van der Waals surface area contributed by atoms with Gasteiger partial charge in [-0.05, 0) is 57.0 Å². The number of furan rings is 1. The van der Waals surface area contributed by atoms with E-state index < -0.39 is 0 Å². The maximum absolute atomic E-state index is 12.7. The summed E-state index contributed by atoms with van der Waals surface area (Å²) >= 11 is 4.99. The fourth-order valence-electron chi connectivity index (χ4n) is 3.13. The average Bonchev–Trinajstić information content (AvgIpc) is 3.09. The van der Waals surface area contributed by atoms with E-state index in [4.69, 9.17) is 4.42 Å². The van der Waals surface area contributed by atoms with Crippen LogP contribution in [0.1, 0.15) is 35.9 Å². The molecule has 1 aliphatic heterocycles. The Hall–Kier alpha value is -1.73. The second-order valence-corrected chi connectivity index (χ2v) is 9.05. The lowest BCUT2D eigenvalue weighted by Crippen LogP contribution is -2.48. The van der Waals surface area contributed by atoms with Gasteiger partial charge in [0.05, 0.1) is 11.5 Å². The zero-order valence-electron chi connectivity index (χ0n) is 15.4. The molecule has 1 fully saturated rings. The van der Waals surface area contributed by atoms with Crippen LogP contribution >= 0.6 is 27.7 Å². The zero-order valence-corrected chi connectivity index (χ0v) is 17.8. The van der Waals surface area contributed by atoms with Gasteiger partial charge in [0.25, 0.3) is 5.91 Å². The molecule has 1 aromatic carbocycles. The van der Waals surface area contributed by atoms with Crippen LogP contribution in [0.3, 0.4) is 0 Å². The molecular weight excluding hydrogens is 428 g/mol. The van der Waals surface area contributed by atoms with E-state index >= 15 is 0 Å². The number of hydrogen-bond donors (Lipinski definition) is 1. The van der Waals surface area contributed by atoms with Crippen molar-refractivity contribution in [1.82, 2.24) is 10.2 Å². The Morgan fingerprint density at radius 1 is 1.22 bits per heavy atom. The third-order valence-corrected chi connectivity index (χ3v) is 6.31. The molecule has 0 aliphatic carbocycles. The zero-order chi connectivity index (χ0) is 19.4. The van der Waals surface area contributed by atoms with E-state index in [-0.39, 0.29) is 23.1 Å². The van der Waals surface area contributed by atoms with Crippen molar-refractivity contribution in [1.29, 1.82) is 0 Å². The van der Waals surface area contributed by atoms with Gasteiger partial charge in [0.2, 0.25) is 5.91 Å². The van der Waals surface area contributed by atoms with Gasteiger partial charge in [0, 0.05) is 34.1 Å². The van der Waals surface area contributed by atoms with Crippen molar-refractivity contribution in [2.45, 2.75) is 42.9 Å². The topological polar surface area (TPSA) is 62.6 Å². The van der Waals surface area contributed by atoms with Crippen molar-refractivity contribution < 1.29 is 14.0 Å². The summed E-state index contributed by atoms with van der Waals surface area (Å²) in [5.74, 6) is 0.337. The predicted molar refractivity (Wildman–Crippen MR) is 110 cm³/mol. The third-order valence-electron chi connectivity index (χ3n) is 4.68. The van der Waals surface area contributed by atoms with Gasteiger partial charge in [-0.3, -0.25) is 9.59 Å². The van der Waals surface area contributed by atoms with Gasteiger partial charge < -0.3 is 14.6 Å². The lowest BCUT2D eigenvalue weighted by Gasteiger charge is -2.33. The molecule has 1 N–H and O–H groups in total. The SMILES string of the molecule is Cc1ccoc1C(=O)NC1CCN(C(=O)C(C)Sc2ccc(Br)cc2)CC1. The number of thioether (sulfide) groups is 1. The number of likely N-dealkylation sites (tertiary alicyclic amines) is 1. The Bertz CT molecular complexity index is 798. The van der Waals surface area contributed by atoms with E-state index in [9.17, 15) is 9.59 Å². The Balaban J connectivity index is 1.48. The number of benzene rings is 1. The molecule has 2 amide bonds. The summed E-state index contributed by atoms with van der Waals surface area (Å²) in [5, 5.41) is 2.88. The Morgan fingerprint density at radius 2 is 1.89 bits per heavy atom. The van der Waals surface area contributed by atoms with E-state index in [1.165, 1.54) is 6.26 Å². The van der Waals surface area contributed by atoms with Crippen molar-refractivity contribution in [2.24, 2.45) is 0 Å². The minimum absolute atomic E-state index is 0.0699. The van der Waals surface area contributed by atoms with Crippen LogP contribution in [-0.2, 0) is 4.79 Å². The van der Waals surface area contributed by atoms with Crippen LogP contribution in [-0.4, -0.2) is 41.1 Å². The van der Waals surface area contributed by atoms with Gasteiger partial charge >= 0.3 is 0 Å². The molecule has 3 rings (SSSR count). The smallest absolute Gasteiger partial charge is 0.287 e. The molecule has 7 heteroatoms. The molecule has 1 aliphatic rings. The molecule has 1 atom stereocenters. The highest BCUT2D eigenvalue weighted by Gasteiger charge is 2.28. The van der Waals surface area contributed by atoms with Gasteiger partial charge in [-0.1, -0.05) is 15.9 Å². The van der Waals surface area contributed by atoms with E-state index in [1.54, 1.807) is 17.8 Å². The lowest BCUT2D eigenvalue weighted by atomic mass is 10.0. The van der Waals surface area contributed by atoms with Crippen molar-refractivity contribution >= 4 is 39.5 Å². The van der Waals surface area contributed by atoms with Crippen molar-refractivity contribution in [3.05, 3.63) is 52.4 Å². The summed E-state index contributed by atoms with van der Waals surface area (Å²) in [4.78, 5) is 28.0. The molecule has 2 aromatic rings. The molecule has 1 unspecified atom stereocenters. The number of halogens is 1. The first kappa shape index (κ1) is 20.0. The van der Waals surface area contributed by atoms with Crippen LogP contribution in [0, 0.1) is 6.92 Å². The summed E-state index contributed by atoms with van der Waals surface area (Å²) in [6, 6.07) is 9.83. The monoisotopic (exact) mass is 450 g/mol. The molecular formula is C20H23BrN2O3S. The molecule has 1 aromatic heterocycles. The Morgan fingerprint density at radius 3 is 2.48 bits per heavy atom. The molecule has 5 nitrogen and oxygen atoms in total. The number of aryl methyl sites for hydroxylation is 1. The first-order valence-electron chi connectivity index (χ1n) is 9.00. The highest BCUT2D eigenvalue weighted by molar-refractivity contribution is 9.10. The first-order valence-corrected chi connectivity index (χ1v) is 10.7. The largest absolute Gasteiger partial charge is 0.459 e. The number of nitrogens with one attached hydrogen (secondary N) is 1. The maximum Gasteiger partial charge on any atom is 0.287 e. The summed E-state index contributed by atoms with van der Waals surface area (Å²) in [6.07, 6.45) is 3.04. The van der Waals surface area contributed by atoms with E-state index in [0.29, 0.717) is 18.8 Å². The summed E-state index contributed by atoms with van der Waals surface area (Å²) in [5.41, 5.74) is 0.832. The quantitative estimate of drug-likeness (QED) is 0.691. The number of carbonyl (C=O) groups excluding carboxylic acids is 2. The fourth-order valence-corrected chi connectivity index (χ4v) is 4.34. The van der Waals surface area contributed by atoms with Crippen molar-refractivity contribution in [3.63, 3.8) is 0 Å². The fraction of sp³-hybridized carbons (Fsp3) is 0.400. The Labute approximate surface area is 172 Å². The van der Waals surface area contributed by atoms with Gasteiger partial charge in [0.15, 0.2) is 5.76 Å². The minimum Gasteiger partial charge on any atom is -0.459 e. The van der Waals surface area contributed by atoms with Crippen LogP contribution in [0.2, 0.25) is 0 Å². The van der Waals surface area contributed by atoms with Gasteiger partial charge in [-0.25, -0.2) is 0 Å². The molecule has 0 bridgehead atoms. The molecule has 144 valence electrons. The lowest BCUT2D eigenvalue weighted by molar-refractivity contribution is -0.131.